The monoisotopic (exact) mass is 321 g/mol. The first-order valence-electron chi connectivity index (χ1n) is 7.49. The van der Waals surface area contributed by atoms with Crippen molar-refractivity contribution in [3.05, 3.63) is 18.3 Å². The molecule has 0 aliphatic carbocycles. The summed E-state index contributed by atoms with van der Waals surface area (Å²) in [7, 11) is 5.29. The van der Waals surface area contributed by atoms with Gasteiger partial charge in [-0.05, 0) is 12.1 Å². The third-order valence-electron chi connectivity index (χ3n) is 3.91. The first-order chi connectivity index (χ1) is 10.9. The Labute approximate surface area is 135 Å². The quantitative estimate of drug-likeness (QED) is 0.731. The second-order valence-electron chi connectivity index (χ2n) is 5.81. The van der Waals surface area contributed by atoms with Crippen LogP contribution in [0.15, 0.2) is 18.3 Å². The highest BCUT2D eigenvalue weighted by Crippen LogP contribution is 2.24. The molecule has 1 aliphatic rings. The largest absolute Gasteiger partial charge is 0.391 e. The number of carbonyl (C=O) groups excluding carboxylic acids is 2. The summed E-state index contributed by atoms with van der Waals surface area (Å²) in [5.74, 6) is 0.0698. The molecule has 0 bridgehead atoms. The lowest BCUT2D eigenvalue weighted by Crippen LogP contribution is -2.34. The number of nitrogens with zero attached hydrogens (tertiary/aromatic N) is 3. The fourth-order valence-corrected chi connectivity index (χ4v) is 2.60. The maximum absolute atomic E-state index is 12.4. The summed E-state index contributed by atoms with van der Waals surface area (Å²) in [6.07, 6.45) is 1.11. The number of pyridine rings is 1. The maximum Gasteiger partial charge on any atom is 0.323 e. The number of nitrogens with one attached hydrogen (secondary N) is 2. The number of aliphatic hydroxyl groups excluding tert-OH is 1. The Morgan fingerprint density at radius 1 is 1.43 bits per heavy atom. The van der Waals surface area contributed by atoms with Crippen molar-refractivity contribution in [1.29, 1.82) is 0 Å². The van der Waals surface area contributed by atoms with Crippen molar-refractivity contribution in [2.24, 2.45) is 5.92 Å². The average Bonchev–Trinajstić information content (AvgIpc) is 2.88. The van der Waals surface area contributed by atoms with Gasteiger partial charge in [0.1, 0.15) is 0 Å². The topological polar surface area (TPSA) is 97.8 Å². The molecule has 0 aromatic carbocycles. The number of carbonyl (C=O) groups is 2. The highest BCUT2D eigenvalue weighted by atomic mass is 16.3. The number of amides is 3. The number of aromatic nitrogens is 1. The van der Waals surface area contributed by atoms with E-state index in [1.54, 1.807) is 19.3 Å². The summed E-state index contributed by atoms with van der Waals surface area (Å²) in [5.41, 5.74) is 0.794. The van der Waals surface area contributed by atoms with Crippen molar-refractivity contribution >= 4 is 23.4 Å². The van der Waals surface area contributed by atoms with Gasteiger partial charge in [-0.1, -0.05) is 0 Å². The van der Waals surface area contributed by atoms with Gasteiger partial charge >= 0.3 is 6.03 Å². The minimum absolute atomic E-state index is 0.143. The molecule has 1 aliphatic heterocycles. The Bertz CT molecular complexity index is 578. The number of anilines is 2. The van der Waals surface area contributed by atoms with Gasteiger partial charge in [-0.15, -0.1) is 0 Å². The van der Waals surface area contributed by atoms with E-state index in [4.69, 9.17) is 0 Å². The molecule has 8 nitrogen and oxygen atoms in total. The van der Waals surface area contributed by atoms with E-state index < -0.39 is 6.10 Å². The van der Waals surface area contributed by atoms with E-state index in [-0.39, 0.29) is 30.8 Å². The van der Waals surface area contributed by atoms with E-state index in [2.05, 4.69) is 15.6 Å². The summed E-state index contributed by atoms with van der Waals surface area (Å²) in [5, 5.41) is 15.3. The SMILES string of the molecule is CNC(=O)C[C@@H]1CN(C(=O)Nc2ncccc2N(C)C)C[C@H]1O. The fourth-order valence-electron chi connectivity index (χ4n) is 2.60. The molecule has 0 spiro atoms. The van der Waals surface area contributed by atoms with Gasteiger partial charge in [0.05, 0.1) is 11.8 Å². The number of hydrogen-bond acceptors (Lipinski definition) is 5. The normalized spacial score (nSPS) is 20.3. The Balaban J connectivity index is 2.01. The van der Waals surface area contributed by atoms with Crippen LogP contribution in [0, 0.1) is 5.92 Å². The molecule has 3 N–H and O–H groups in total. The van der Waals surface area contributed by atoms with Crippen LogP contribution >= 0.6 is 0 Å². The Kier molecular flexibility index (Phi) is 5.38. The van der Waals surface area contributed by atoms with Crippen LogP contribution in [-0.2, 0) is 4.79 Å². The van der Waals surface area contributed by atoms with Crippen LogP contribution in [0.4, 0.5) is 16.3 Å². The fraction of sp³-hybridized carbons (Fsp3) is 0.533. The van der Waals surface area contributed by atoms with E-state index in [0.29, 0.717) is 12.4 Å². The van der Waals surface area contributed by atoms with Gasteiger partial charge in [-0.2, -0.15) is 0 Å². The summed E-state index contributed by atoms with van der Waals surface area (Å²) >= 11 is 0. The molecule has 0 unspecified atom stereocenters. The van der Waals surface area contributed by atoms with E-state index in [0.717, 1.165) is 5.69 Å². The van der Waals surface area contributed by atoms with Gasteiger partial charge in [0.2, 0.25) is 5.91 Å². The van der Waals surface area contributed by atoms with Crippen molar-refractivity contribution < 1.29 is 14.7 Å². The molecule has 126 valence electrons. The smallest absolute Gasteiger partial charge is 0.323 e. The van der Waals surface area contributed by atoms with Gasteiger partial charge in [0, 0.05) is 52.8 Å². The molecule has 23 heavy (non-hydrogen) atoms. The van der Waals surface area contributed by atoms with E-state index in [1.165, 1.54) is 4.90 Å². The maximum atomic E-state index is 12.4. The van der Waals surface area contributed by atoms with E-state index >= 15 is 0 Å². The molecule has 0 radical (unpaired) electrons. The Morgan fingerprint density at radius 3 is 2.83 bits per heavy atom. The standard InChI is InChI=1S/C15H23N5O3/c1-16-13(22)7-10-8-20(9-12(10)21)15(23)18-14-11(19(2)3)5-4-6-17-14/h4-6,10,12,21H,7-9H2,1-3H3,(H,16,22)(H,17,18,23)/t10-,12-/m1/s1. The van der Waals surface area contributed by atoms with Crippen molar-refractivity contribution in [2.75, 3.05) is 44.4 Å². The highest BCUT2D eigenvalue weighted by Gasteiger charge is 2.35. The zero-order valence-electron chi connectivity index (χ0n) is 13.6. The van der Waals surface area contributed by atoms with Crippen molar-refractivity contribution in [3.8, 4) is 0 Å². The molecule has 3 amide bonds. The van der Waals surface area contributed by atoms with Crippen molar-refractivity contribution in [2.45, 2.75) is 12.5 Å². The summed E-state index contributed by atoms with van der Waals surface area (Å²) < 4.78 is 0. The Morgan fingerprint density at radius 2 is 2.17 bits per heavy atom. The average molecular weight is 321 g/mol. The molecule has 1 aromatic heterocycles. The predicted octanol–water partition coefficient (Wildman–Crippen LogP) is 0.108. The number of aliphatic hydroxyl groups is 1. The number of β-amino-alcohol motifs (C(OH)–C–C–N with tert-alkyl or cyclic N) is 1. The molecule has 2 atom stereocenters. The Hall–Kier alpha value is -2.35. The highest BCUT2D eigenvalue weighted by molar-refractivity contribution is 5.92. The molecule has 2 heterocycles. The number of rotatable bonds is 4. The van der Waals surface area contributed by atoms with Crippen molar-refractivity contribution in [1.82, 2.24) is 15.2 Å². The summed E-state index contributed by atoms with van der Waals surface area (Å²) in [6, 6.07) is 3.32. The van der Waals surface area contributed by atoms with Crippen LogP contribution in [-0.4, -0.2) is 67.3 Å². The van der Waals surface area contributed by atoms with Crippen LogP contribution in [0.5, 0.6) is 0 Å². The second kappa shape index (κ2) is 7.28. The lowest BCUT2D eigenvalue weighted by molar-refractivity contribution is -0.122. The third kappa shape index (κ3) is 4.10. The number of hydrogen-bond donors (Lipinski definition) is 3. The number of urea groups is 1. The molecule has 0 saturated carbocycles. The number of likely N-dealkylation sites (tertiary alicyclic amines) is 1. The third-order valence-corrected chi connectivity index (χ3v) is 3.91. The van der Waals surface area contributed by atoms with Crippen LogP contribution in [0.1, 0.15) is 6.42 Å². The molecule has 1 fully saturated rings. The van der Waals surface area contributed by atoms with E-state index in [1.807, 2.05) is 25.1 Å². The molecule has 2 rings (SSSR count). The van der Waals surface area contributed by atoms with E-state index in [9.17, 15) is 14.7 Å². The zero-order valence-corrected chi connectivity index (χ0v) is 13.6. The zero-order chi connectivity index (χ0) is 17.0. The van der Waals surface area contributed by atoms with Crippen LogP contribution in [0.25, 0.3) is 0 Å². The van der Waals surface area contributed by atoms with Crippen molar-refractivity contribution in [3.63, 3.8) is 0 Å². The van der Waals surface area contributed by atoms with Gasteiger partial charge in [-0.25, -0.2) is 9.78 Å². The van der Waals surface area contributed by atoms with Gasteiger partial charge in [0.15, 0.2) is 5.82 Å². The van der Waals surface area contributed by atoms with Gasteiger partial charge in [-0.3, -0.25) is 10.1 Å². The van der Waals surface area contributed by atoms with Crippen LogP contribution in [0.2, 0.25) is 0 Å². The first-order valence-corrected chi connectivity index (χ1v) is 7.49. The lowest BCUT2D eigenvalue weighted by Gasteiger charge is -2.20. The predicted molar refractivity (Wildman–Crippen MR) is 87.3 cm³/mol. The molecule has 8 heteroatoms. The molecular weight excluding hydrogens is 298 g/mol. The van der Waals surface area contributed by atoms with Gasteiger partial charge < -0.3 is 20.2 Å². The molecule has 1 saturated heterocycles. The first kappa shape index (κ1) is 17.0. The molecule has 1 aromatic rings. The van der Waals surface area contributed by atoms with Crippen LogP contribution < -0.4 is 15.5 Å². The summed E-state index contributed by atoms with van der Waals surface area (Å²) in [4.78, 5) is 31.4. The summed E-state index contributed by atoms with van der Waals surface area (Å²) in [6.45, 7) is 0.544. The second-order valence-corrected chi connectivity index (χ2v) is 5.81. The minimum Gasteiger partial charge on any atom is -0.391 e. The van der Waals surface area contributed by atoms with Gasteiger partial charge in [0.25, 0.3) is 0 Å². The minimum atomic E-state index is -0.699. The molecular formula is C15H23N5O3. The lowest BCUT2D eigenvalue weighted by atomic mass is 10.0. The van der Waals surface area contributed by atoms with Crippen LogP contribution in [0.3, 0.4) is 0 Å².